The first-order valence-electron chi connectivity index (χ1n) is 8.20. The van der Waals surface area contributed by atoms with Crippen molar-refractivity contribution in [2.45, 2.75) is 40.0 Å². The third-order valence-electron chi connectivity index (χ3n) is 4.35. The zero-order chi connectivity index (χ0) is 16.1. The first-order chi connectivity index (χ1) is 10.5. The van der Waals surface area contributed by atoms with Gasteiger partial charge < -0.3 is 9.84 Å². The molecule has 0 radical (unpaired) electrons. The fraction of sp³-hybridized carbons (Fsp3) is 0.812. The average molecular weight is 310 g/mol. The molecule has 22 heavy (non-hydrogen) atoms. The topological polar surface area (TPSA) is 53.8 Å². The number of morpholine rings is 1. The number of likely N-dealkylation sites (N-methyl/N-ethyl adjacent to an activating group) is 1. The number of nitrogens with zero attached hydrogens (tertiary/aromatic N) is 4. The molecule has 0 saturated carbocycles. The van der Waals surface area contributed by atoms with E-state index in [2.05, 4.69) is 42.7 Å². The number of rotatable bonds is 7. The molecule has 1 fully saturated rings. The maximum Gasteiger partial charge on any atom is 0.0793 e. The van der Waals surface area contributed by atoms with Crippen LogP contribution in [-0.2, 0) is 17.8 Å². The standard InChI is InChI=1S/C16H30N4O2/c1-5-20-14(3)16(13(2)17-20)12-18(4)10-15(21)11-19-6-8-22-9-7-19/h15,21H,5-12H2,1-4H3. The van der Waals surface area contributed by atoms with Gasteiger partial charge in [-0.2, -0.15) is 5.10 Å². The largest absolute Gasteiger partial charge is 0.390 e. The molecule has 0 bridgehead atoms. The minimum absolute atomic E-state index is 0.329. The van der Waals surface area contributed by atoms with Gasteiger partial charge >= 0.3 is 0 Å². The van der Waals surface area contributed by atoms with Crippen molar-refractivity contribution in [3.05, 3.63) is 17.0 Å². The van der Waals surface area contributed by atoms with Gasteiger partial charge in [-0.1, -0.05) is 0 Å². The van der Waals surface area contributed by atoms with Crippen LogP contribution in [0.25, 0.3) is 0 Å². The Labute approximate surface area is 133 Å². The normalized spacial score (nSPS) is 18.1. The van der Waals surface area contributed by atoms with Gasteiger partial charge in [0.15, 0.2) is 0 Å². The molecular weight excluding hydrogens is 280 g/mol. The van der Waals surface area contributed by atoms with E-state index in [9.17, 15) is 5.11 Å². The Morgan fingerprint density at radius 1 is 1.32 bits per heavy atom. The van der Waals surface area contributed by atoms with Crippen molar-refractivity contribution in [3.8, 4) is 0 Å². The predicted octanol–water partition coefficient (Wildman–Crippen LogP) is 0.645. The summed E-state index contributed by atoms with van der Waals surface area (Å²) in [4.78, 5) is 4.45. The highest BCUT2D eigenvalue weighted by Gasteiger charge is 2.18. The summed E-state index contributed by atoms with van der Waals surface area (Å²) in [5.74, 6) is 0. The molecule has 1 aliphatic rings. The van der Waals surface area contributed by atoms with Crippen molar-refractivity contribution >= 4 is 0 Å². The molecule has 6 heteroatoms. The number of β-amino-alcohol motifs (C(OH)–C–C–N with tert-alkyl or cyclic N) is 1. The number of aliphatic hydroxyl groups excluding tert-OH is 1. The fourth-order valence-corrected chi connectivity index (χ4v) is 3.10. The average Bonchev–Trinajstić information content (AvgIpc) is 2.75. The molecule has 1 atom stereocenters. The number of aliphatic hydroxyl groups is 1. The SMILES string of the molecule is CCn1nc(C)c(CN(C)CC(O)CN2CCOCC2)c1C. The molecule has 1 saturated heterocycles. The Balaban J connectivity index is 1.84. The van der Waals surface area contributed by atoms with Gasteiger partial charge in [0.05, 0.1) is 25.0 Å². The maximum absolute atomic E-state index is 10.3. The summed E-state index contributed by atoms with van der Waals surface area (Å²) in [7, 11) is 2.06. The van der Waals surface area contributed by atoms with Crippen molar-refractivity contribution in [1.29, 1.82) is 0 Å². The van der Waals surface area contributed by atoms with Crippen LogP contribution in [0.4, 0.5) is 0 Å². The molecule has 6 nitrogen and oxygen atoms in total. The van der Waals surface area contributed by atoms with Crippen LogP contribution in [0, 0.1) is 13.8 Å². The second-order valence-electron chi connectivity index (χ2n) is 6.23. The van der Waals surface area contributed by atoms with Crippen molar-refractivity contribution in [1.82, 2.24) is 19.6 Å². The van der Waals surface area contributed by atoms with E-state index in [1.807, 2.05) is 4.68 Å². The van der Waals surface area contributed by atoms with E-state index in [0.29, 0.717) is 6.54 Å². The van der Waals surface area contributed by atoms with E-state index in [4.69, 9.17) is 4.74 Å². The van der Waals surface area contributed by atoms with Crippen LogP contribution in [-0.4, -0.2) is 77.2 Å². The summed E-state index contributed by atoms with van der Waals surface area (Å²) in [6.07, 6.45) is -0.329. The summed E-state index contributed by atoms with van der Waals surface area (Å²) in [6, 6.07) is 0. The zero-order valence-electron chi connectivity index (χ0n) is 14.4. The van der Waals surface area contributed by atoms with E-state index in [-0.39, 0.29) is 6.10 Å². The minimum Gasteiger partial charge on any atom is -0.390 e. The molecule has 0 spiro atoms. The van der Waals surface area contributed by atoms with E-state index in [1.54, 1.807) is 0 Å². The van der Waals surface area contributed by atoms with Gasteiger partial charge in [-0.25, -0.2) is 0 Å². The first kappa shape index (κ1) is 17.4. The van der Waals surface area contributed by atoms with Crippen molar-refractivity contribution in [2.24, 2.45) is 0 Å². The number of aromatic nitrogens is 2. The molecule has 0 aromatic carbocycles. The van der Waals surface area contributed by atoms with Crippen LogP contribution < -0.4 is 0 Å². The Hall–Kier alpha value is -0.950. The number of aryl methyl sites for hydroxylation is 2. The van der Waals surface area contributed by atoms with Gasteiger partial charge in [-0.15, -0.1) is 0 Å². The molecule has 1 aromatic heterocycles. The van der Waals surface area contributed by atoms with Crippen LogP contribution in [0.2, 0.25) is 0 Å². The Morgan fingerprint density at radius 3 is 2.59 bits per heavy atom. The Bertz CT molecular complexity index is 469. The van der Waals surface area contributed by atoms with E-state index in [1.165, 1.54) is 11.3 Å². The number of hydrogen-bond donors (Lipinski definition) is 1. The minimum atomic E-state index is -0.329. The van der Waals surface area contributed by atoms with Crippen LogP contribution in [0.1, 0.15) is 23.9 Å². The number of ether oxygens (including phenoxy) is 1. The summed E-state index contributed by atoms with van der Waals surface area (Å²) < 4.78 is 7.38. The van der Waals surface area contributed by atoms with Crippen molar-refractivity contribution in [2.75, 3.05) is 46.4 Å². The highest BCUT2D eigenvalue weighted by Crippen LogP contribution is 2.15. The van der Waals surface area contributed by atoms with Crippen LogP contribution in [0.3, 0.4) is 0 Å². The Morgan fingerprint density at radius 2 is 2.00 bits per heavy atom. The van der Waals surface area contributed by atoms with Crippen LogP contribution in [0.5, 0.6) is 0 Å². The van der Waals surface area contributed by atoms with Gasteiger partial charge in [-0.3, -0.25) is 14.5 Å². The lowest BCUT2D eigenvalue weighted by atomic mass is 10.2. The third-order valence-corrected chi connectivity index (χ3v) is 4.35. The third kappa shape index (κ3) is 4.52. The molecule has 2 rings (SSSR count). The fourth-order valence-electron chi connectivity index (χ4n) is 3.10. The summed E-state index contributed by atoms with van der Waals surface area (Å²) >= 11 is 0. The quantitative estimate of drug-likeness (QED) is 0.801. The summed E-state index contributed by atoms with van der Waals surface area (Å²) in [5.41, 5.74) is 3.60. The molecule has 0 aliphatic carbocycles. The first-order valence-corrected chi connectivity index (χ1v) is 8.20. The summed E-state index contributed by atoms with van der Waals surface area (Å²) in [6.45, 7) is 12.8. The molecule has 0 amide bonds. The van der Waals surface area contributed by atoms with Gasteiger partial charge in [0.25, 0.3) is 0 Å². The number of hydrogen-bond acceptors (Lipinski definition) is 5. The second kappa shape index (κ2) is 8.06. The highest BCUT2D eigenvalue weighted by molar-refractivity contribution is 5.24. The molecule has 1 aliphatic heterocycles. The van der Waals surface area contributed by atoms with E-state index >= 15 is 0 Å². The molecular formula is C16H30N4O2. The van der Waals surface area contributed by atoms with Gasteiger partial charge in [-0.05, 0) is 27.8 Å². The molecule has 1 unspecified atom stereocenters. The highest BCUT2D eigenvalue weighted by atomic mass is 16.5. The molecule has 2 heterocycles. The van der Waals surface area contributed by atoms with Gasteiger partial charge in [0.1, 0.15) is 0 Å². The smallest absolute Gasteiger partial charge is 0.0793 e. The van der Waals surface area contributed by atoms with Crippen LogP contribution >= 0.6 is 0 Å². The van der Waals surface area contributed by atoms with Crippen molar-refractivity contribution < 1.29 is 9.84 Å². The Kier molecular flexibility index (Phi) is 6.37. The molecule has 1 N–H and O–H groups in total. The lowest BCUT2D eigenvalue weighted by Gasteiger charge is -2.30. The second-order valence-corrected chi connectivity index (χ2v) is 6.23. The maximum atomic E-state index is 10.3. The monoisotopic (exact) mass is 310 g/mol. The van der Waals surface area contributed by atoms with Gasteiger partial charge in [0.2, 0.25) is 0 Å². The summed E-state index contributed by atoms with van der Waals surface area (Å²) in [5, 5.41) is 14.9. The molecule has 126 valence electrons. The van der Waals surface area contributed by atoms with Crippen molar-refractivity contribution in [3.63, 3.8) is 0 Å². The van der Waals surface area contributed by atoms with E-state index in [0.717, 1.165) is 51.6 Å². The van der Waals surface area contributed by atoms with Gasteiger partial charge in [0, 0.05) is 50.5 Å². The lowest BCUT2D eigenvalue weighted by Crippen LogP contribution is -2.44. The van der Waals surface area contributed by atoms with E-state index < -0.39 is 0 Å². The zero-order valence-corrected chi connectivity index (χ0v) is 14.4. The predicted molar refractivity (Wildman–Crippen MR) is 87.0 cm³/mol. The lowest BCUT2D eigenvalue weighted by molar-refractivity contribution is 0.00823. The molecule has 1 aromatic rings. The van der Waals surface area contributed by atoms with Crippen LogP contribution in [0.15, 0.2) is 0 Å².